The minimum absolute atomic E-state index is 0. The molecule has 1 aromatic rings. The van der Waals surface area contributed by atoms with Crippen molar-refractivity contribution in [2.24, 2.45) is 4.99 Å². The van der Waals surface area contributed by atoms with E-state index >= 15 is 0 Å². The second kappa shape index (κ2) is 13.9. The highest BCUT2D eigenvalue weighted by Gasteiger charge is 2.23. The topological polar surface area (TPSA) is 77.0 Å². The molecule has 0 saturated carbocycles. The van der Waals surface area contributed by atoms with Crippen molar-refractivity contribution in [1.29, 1.82) is 0 Å². The van der Waals surface area contributed by atoms with Gasteiger partial charge in [-0.2, -0.15) is 4.31 Å². The van der Waals surface area contributed by atoms with Crippen LogP contribution < -0.4 is 10.6 Å². The lowest BCUT2D eigenvalue weighted by molar-refractivity contribution is 0.206. The van der Waals surface area contributed by atoms with E-state index < -0.39 is 10.0 Å². The highest BCUT2D eigenvalue weighted by molar-refractivity contribution is 14.0. The number of piperidine rings is 1. The monoisotopic (exact) mass is 571 g/mol. The van der Waals surface area contributed by atoms with E-state index in [1.165, 1.54) is 28.6 Å². The van der Waals surface area contributed by atoms with Gasteiger partial charge in [-0.3, -0.25) is 4.99 Å². The van der Waals surface area contributed by atoms with Crippen molar-refractivity contribution < 1.29 is 8.42 Å². The lowest BCUT2D eigenvalue weighted by Crippen LogP contribution is -2.49. The number of halogens is 1. The standard InChI is InChI=1S/C20H37N5O2S2.HI/c1-5-14-24-15-11-17(12-16-24)23-20(21-4)22-13-10-18-8-9-19(28-18)29(26,27)25(6-2)7-3;/h8-9,17H,5-7,10-16H2,1-4H3,(H2,21,22,23);1H. The molecule has 0 aromatic carbocycles. The van der Waals surface area contributed by atoms with Crippen LogP contribution >= 0.6 is 35.3 Å². The molecule has 30 heavy (non-hydrogen) atoms. The van der Waals surface area contributed by atoms with Crippen LogP contribution in [-0.2, 0) is 16.4 Å². The van der Waals surface area contributed by atoms with Crippen LogP contribution in [0.25, 0.3) is 0 Å². The largest absolute Gasteiger partial charge is 0.356 e. The van der Waals surface area contributed by atoms with E-state index in [4.69, 9.17) is 0 Å². The fourth-order valence-corrected chi connectivity index (χ4v) is 6.60. The van der Waals surface area contributed by atoms with Crippen LogP contribution in [0.15, 0.2) is 21.3 Å². The van der Waals surface area contributed by atoms with E-state index in [2.05, 4.69) is 27.4 Å². The minimum atomic E-state index is -3.36. The zero-order valence-corrected chi connectivity index (χ0v) is 22.6. The van der Waals surface area contributed by atoms with Crippen LogP contribution in [0.1, 0.15) is 44.9 Å². The van der Waals surface area contributed by atoms with Crippen molar-refractivity contribution >= 4 is 51.3 Å². The number of nitrogens with zero attached hydrogens (tertiary/aromatic N) is 3. The van der Waals surface area contributed by atoms with Gasteiger partial charge < -0.3 is 15.5 Å². The summed E-state index contributed by atoms with van der Waals surface area (Å²) in [7, 11) is -1.57. The number of hydrogen-bond donors (Lipinski definition) is 2. The molecule has 0 bridgehead atoms. The smallest absolute Gasteiger partial charge is 0.252 e. The summed E-state index contributed by atoms with van der Waals surface area (Å²) in [6.45, 7) is 11.1. The second-order valence-electron chi connectivity index (χ2n) is 7.32. The maximum atomic E-state index is 12.6. The number of sulfonamides is 1. The SMILES string of the molecule is CCCN1CCC(NC(=NC)NCCc2ccc(S(=O)(=O)N(CC)CC)s2)CC1.I. The first kappa shape index (κ1) is 27.6. The average molecular weight is 572 g/mol. The van der Waals surface area contributed by atoms with Gasteiger partial charge in [0.05, 0.1) is 0 Å². The van der Waals surface area contributed by atoms with E-state index in [1.807, 2.05) is 19.9 Å². The molecule has 0 atom stereocenters. The molecule has 0 spiro atoms. The molecular formula is C20H38IN5O2S2. The Morgan fingerprint density at radius 1 is 1.23 bits per heavy atom. The van der Waals surface area contributed by atoms with Gasteiger partial charge in [-0.1, -0.05) is 20.8 Å². The normalized spacial score (nSPS) is 16.5. The highest BCUT2D eigenvalue weighted by Crippen LogP contribution is 2.25. The van der Waals surface area contributed by atoms with Gasteiger partial charge in [0.2, 0.25) is 0 Å². The fourth-order valence-electron chi connectivity index (χ4n) is 3.63. The molecule has 0 unspecified atom stereocenters. The van der Waals surface area contributed by atoms with E-state index in [-0.39, 0.29) is 24.0 Å². The second-order valence-corrected chi connectivity index (χ2v) is 10.7. The van der Waals surface area contributed by atoms with Gasteiger partial charge in [-0.15, -0.1) is 35.3 Å². The van der Waals surface area contributed by atoms with E-state index in [9.17, 15) is 8.42 Å². The zero-order chi connectivity index (χ0) is 21.3. The maximum absolute atomic E-state index is 12.6. The van der Waals surface area contributed by atoms with E-state index in [1.54, 1.807) is 13.1 Å². The third kappa shape index (κ3) is 7.92. The molecule has 1 fully saturated rings. The molecule has 2 N–H and O–H groups in total. The lowest BCUT2D eigenvalue weighted by Gasteiger charge is -2.32. The average Bonchev–Trinajstić information content (AvgIpc) is 3.19. The van der Waals surface area contributed by atoms with Crippen LogP contribution in [0.3, 0.4) is 0 Å². The molecule has 1 aliphatic rings. The van der Waals surface area contributed by atoms with Gasteiger partial charge >= 0.3 is 0 Å². The summed E-state index contributed by atoms with van der Waals surface area (Å²) in [6.07, 6.45) is 4.26. The molecule has 0 aliphatic carbocycles. The van der Waals surface area contributed by atoms with Crippen LogP contribution in [0.4, 0.5) is 0 Å². The Bertz CT molecular complexity index is 742. The van der Waals surface area contributed by atoms with Crippen LogP contribution in [0.5, 0.6) is 0 Å². The predicted octanol–water partition coefficient (Wildman–Crippen LogP) is 2.98. The lowest BCUT2D eigenvalue weighted by atomic mass is 10.1. The predicted molar refractivity (Wildman–Crippen MR) is 138 cm³/mol. The van der Waals surface area contributed by atoms with Crippen molar-refractivity contribution in [3.05, 3.63) is 17.0 Å². The van der Waals surface area contributed by atoms with Gasteiger partial charge in [-0.05, 0) is 44.4 Å². The van der Waals surface area contributed by atoms with Crippen molar-refractivity contribution in [3.63, 3.8) is 0 Å². The van der Waals surface area contributed by atoms with Gasteiger partial charge in [0.1, 0.15) is 4.21 Å². The van der Waals surface area contributed by atoms with Crippen molar-refractivity contribution in [3.8, 4) is 0 Å². The molecule has 1 aliphatic heterocycles. The summed E-state index contributed by atoms with van der Waals surface area (Å²) in [6, 6.07) is 4.11. The molecule has 2 heterocycles. The van der Waals surface area contributed by atoms with Crippen LogP contribution in [-0.4, -0.2) is 75.9 Å². The van der Waals surface area contributed by atoms with E-state index in [0.717, 1.165) is 49.7 Å². The first-order chi connectivity index (χ1) is 13.9. The number of likely N-dealkylation sites (tertiary alicyclic amines) is 1. The highest BCUT2D eigenvalue weighted by atomic mass is 127. The molecule has 0 amide bonds. The number of rotatable bonds is 10. The molecule has 10 heteroatoms. The number of nitrogens with one attached hydrogen (secondary N) is 2. The fraction of sp³-hybridized carbons (Fsp3) is 0.750. The summed E-state index contributed by atoms with van der Waals surface area (Å²) >= 11 is 1.36. The van der Waals surface area contributed by atoms with Gasteiger partial charge in [0.25, 0.3) is 10.0 Å². The van der Waals surface area contributed by atoms with Gasteiger partial charge in [0, 0.05) is 50.7 Å². The van der Waals surface area contributed by atoms with Crippen molar-refractivity contribution in [2.45, 2.75) is 56.7 Å². The quantitative estimate of drug-likeness (QED) is 0.257. The molecule has 174 valence electrons. The summed E-state index contributed by atoms with van der Waals surface area (Å²) in [4.78, 5) is 7.92. The van der Waals surface area contributed by atoms with Crippen LogP contribution in [0.2, 0.25) is 0 Å². The summed E-state index contributed by atoms with van der Waals surface area (Å²) in [5.74, 6) is 0.825. The van der Waals surface area contributed by atoms with Gasteiger partial charge in [0.15, 0.2) is 5.96 Å². The molecule has 0 radical (unpaired) electrons. The third-order valence-corrected chi connectivity index (χ3v) is 8.95. The number of thiophene rings is 1. The number of guanidine groups is 1. The Morgan fingerprint density at radius 3 is 2.47 bits per heavy atom. The number of aliphatic imine (C=N–C) groups is 1. The molecular weight excluding hydrogens is 533 g/mol. The Hall–Kier alpha value is -0.430. The Labute approximate surface area is 203 Å². The molecule has 2 rings (SSSR count). The first-order valence-electron chi connectivity index (χ1n) is 10.7. The maximum Gasteiger partial charge on any atom is 0.252 e. The van der Waals surface area contributed by atoms with Crippen LogP contribution in [0, 0.1) is 0 Å². The third-order valence-electron chi connectivity index (χ3n) is 5.29. The minimum Gasteiger partial charge on any atom is -0.356 e. The van der Waals surface area contributed by atoms with Crippen molar-refractivity contribution in [1.82, 2.24) is 19.8 Å². The molecule has 7 nitrogen and oxygen atoms in total. The molecule has 1 aromatic heterocycles. The Kier molecular flexibility index (Phi) is 12.8. The summed E-state index contributed by atoms with van der Waals surface area (Å²) < 4.78 is 27.1. The van der Waals surface area contributed by atoms with E-state index in [0.29, 0.717) is 23.3 Å². The summed E-state index contributed by atoms with van der Waals surface area (Å²) in [5.41, 5.74) is 0. The Balaban J connectivity index is 0.00000450. The first-order valence-corrected chi connectivity index (χ1v) is 13.0. The van der Waals surface area contributed by atoms with Gasteiger partial charge in [-0.25, -0.2) is 8.42 Å². The number of hydrogen-bond acceptors (Lipinski definition) is 5. The summed E-state index contributed by atoms with van der Waals surface area (Å²) in [5, 5.41) is 6.89. The molecule has 1 saturated heterocycles. The van der Waals surface area contributed by atoms with Crippen molar-refractivity contribution in [2.75, 3.05) is 46.3 Å². The zero-order valence-electron chi connectivity index (χ0n) is 18.7. The Morgan fingerprint density at radius 2 is 1.90 bits per heavy atom.